The molecule has 5 heteroatoms. The van der Waals surface area contributed by atoms with Gasteiger partial charge in [0.1, 0.15) is 0 Å². The first-order valence-electron chi connectivity index (χ1n) is 3.10. The van der Waals surface area contributed by atoms with Gasteiger partial charge in [-0.05, 0) is 12.2 Å². The van der Waals surface area contributed by atoms with Crippen LogP contribution in [-0.2, 0) is 0 Å². The average Bonchev–Trinajstić information content (AvgIpc) is 1.88. The molecule has 0 radical (unpaired) electrons. The maximum absolute atomic E-state index is 5.30. The van der Waals surface area contributed by atoms with Gasteiger partial charge in [-0.25, -0.2) is 5.01 Å². The van der Waals surface area contributed by atoms with Gasteiger partial charge in [-0.2, -0.15) is 0 Å². The van der Waals surface area contributed by atoms with E-state index in [0.29, 0.717) is 11.7 Å². The summed E-state index contributed by atoms with van der Waals surface area (Å²) in [7, 11) is 3.65. The molecule has 0 atom stereocenters. The second-order valence-electron chi connectivity index (χ2n) is 1.90. The molecule has 0 aromatic heterocycles. The van der Waals surface area contributed by atoms with Crippen molar-refractivity contribution in [2.45, 2.75) is 0 Å². The smallest absolute Gasteiger partial charge is 0.180 e. The third kappa shape index (κ3) is 4.49. The Balaban J connectivity index is 3.37. The van der Waals surface area contributed by atoms with Gasteiger partial charge in [0.05, 0.1) is 0 Å². The number of likely N-dealkylation sites (N-methyl/N-ethyl adjacent to an activating group) is 1. The zero-order valence-corrected chi connectivity index (χ0v) is 7.16. The van der Waals surface area contributed by atoms with Crippen LogP contribution in [-0.4, -0.2) is 37.3 Å². The highest BCUT2D eigenvalue weighted by Crippen LogP contribution is 1.71. The molecule has 0 saturated carbocycles. The molecule has 0 rings (SSSR count). The van der Waals surface area contributed by atoms with Gasteiger partial charge in [-0.15, -0.1) is 0 Å². The first kappa shape index (κ1) is 9.61. The van der Waals surface area contributed by atoms with Crippen LogP contribution in [0.2, 0.25) is 0 Å². The lowest BCUT2D eigenvalue weighted by molar-refractivity contribution is 0.300. The molecule has 0 spiro atoms. The van der Waals surface area contributed by atoms with Gasteiger partial charge in [0.2, 0.25) is 0 Å². The molecule has 0 bridgehead atoms. The van der Waals surface area contributed by atoms with Crippen molar-refractivity contribution in [1.29, 1.82) is 0 Å². The van der Waals surface area contributed by atoms with Crippen LogP contribution in [0.15, 0.2) is 0 Å². The van der Waals surface area contributed by atoms with E-state index in [9.17, 15) is 0 Å². The van der Waals surface area contributed by atoms with Gasteiger partial charge in [0, 0.05) is 27.2 Å². The van der Waals surface area contributed by atoms with Gasteiger partial charge < -0.3 is 11.1 Å². The monoisotopic (exact) mass is 162 g/mol. The second kappa shape index (κ2) is 5.40. The van der Waals surface area contributed by atoms with E-state index < -0.39 is 0 Å². The number of nitrogens with zero attached hydrogens (tertiary/aromatic N) is 1. The van der Waals surface area contributed by atoms with Crippen molar-refractivity contribution in [2.24, 2.45) is 5.73 Å². The summed E-state index contributed by atoms with van der Waals surface area (Å²) in [6, 6.07) is 0. The highest BCUT2D eigenvalue weighted by molar-refractivity contribution is 7.80. The maximum atomic E-state index is 5.30. The zero-order chi connectivity index (χ0) is 7.98. The van der Waals surface area contributed by atoms with Crippen LogP contribution in [0.25, 0.3) is 0 Å². The number of hydrazine groups is 1. The van der Waals surface area contributed by atoms with Crippen LogP contribution in [0.4, 0.5) is 0 Å². The Morgan fingerprint density at radius 1 is 1.70 bits per heavy atom. The Morgan fingerprint density at radius 2 is 2.30 bits per heavy atom. The molecule has 0 amide bonds. The molecule has 0 aliphatic rings. The summed E-state index contributed by atoms with van der Waals surface area (Å²) in [6.07, 6.45) is 0. The lowest BCUT2D eigenvalue weighted by atomic mass is 10.6. The van der Waals surface area contributed by atoms with Crippen molar-refractivity contribution in [1.82, 2.24) is 15.8 Å². The number of hydrogen-bond donors (Lipinski definition) is 3. The van der Waals surface area contributed by atoms with Gasteiger partial charge in [-0.1, -0.05) is 0 Å². The summed E-state index contributed by atoms with van der Waals surface area (Å²) in [6.45, 7) is 1.40. The molecular formula is C5H14N4S. The summed E-state index contributed by atoms with van der Waals surface area (Å²) >= 11 is 4.84. The number of nitrogens with one attached hydrogen (secondary N) is 2. The van der Waals surface area contributed by atoms with Crippen LogP contribution in [0.3, 0.4) is 0 Å². The third-order valence-electron chi connectivity index (χ3n) is 0.984. The number of hydrogen-bond acceptors (Lipinski definition) is 3. The Bertz CT molecular complexity index is 106. The fourth-order valence-corrected chi connectivity index (χ4v) is 0.635. The molecule has 0 heterocycles. The molecular weight excluding hydrogens is 148 g/mol. The normalized spacial score (nSPS) is 9.60. The van der Waals surface area contributed by atoms with Crippen molar-refractivity contribution < 1.29 is 0 Å². The summed E-state index contributed by atoms with van der Waals surface area (Å²) in [5, 5.41) is 5.23. The molecule has 60 valence electrons. The average molecular weight is 162 g/mol. The summed E-state index contributed by atoms with van der Waals surface area (Å²) in [5.74, 6) is 0. The molecule has 0 saturated heterocycles. The summed E-state index contributed by atoms with van der Waals surface area (Å²) in [5.41, 5.74) is 8.21. The molecule has 0 aromatic carbocycles. The Kier molecular flexibility index (Phi) is 5.19. The number of nitrogens with two attached hydrogens (primary N) is 1. The molecule has 4 nitrogen and oxygen atoms in total. The summed E-state index contributed by atoms with van der Waals surface area (Å²) in [4.78, 5) is 0. The largest absolute Gasteiger partial charge is 0.365 e. The number of rotatable bonds is 3. The minimum atomic E-state index is 0.607. The van der Waals surface area contributed by atoms with Crippen LogP contribution < -0.4 is 16.5 Å². The van der Waals surface area contributed by atoms with E-state index in [1.54, 1.807) is 7.05 Å². The minimum absolute atomic E-state index is 0.607. The van der Waals surface area contributed by atoms with Crippen molar-refractivity contribution >= 4 is 17.3 Å². The molecule has 0 aromatic rings. The van der Waals surface area contributed by atoms with E-state index in [-0.39, 0.29) is 0 Å². The van der Waals surface area contributed by atoms with Crippen molar-refractivity contribution in [3.8, 4) is 0 Å². The number of thiocarbonyl (C=S) groups is 1. The molecule has 0 fully saturated rings. The highest BCUT2D eigenvalue weighted by atomic mass is 32.1. The minimum Gasteiger partial charge on any atom is -0.365 e. The van der Waals surface area contributed by atoms with E-state index in [4.69, 9.17) is 18.0 Å². The van der Waals surface area contributed by atoms with Crippen LogP contribution in [0, 0.1) is 0 Å². The highest BCUT2D eigenvalue weighted by Gasteiger charge is 1.95. The Morgan fingerprint density at radius 3 is 2.70 bits per heavy atom. The molecule has 0 aliphatic heterocycles. The Labute approximate surface area is 66.7 Å². The lowest BCUT2D eigenvalue weighted by Gasteiger charge is -2.17. The topological polar surface area (TPSA) is 53.3 Å². The van der Waals surface area contributed by atoms with Gasteiger partial charge in [0.15, 0.2) is 5.11 Å². The lowest BCUT2D eigenvalue weighted by Crippen LogP contribution is -2.45. The van der Waals surface area contributed by atoms with Gasteiger partial charge in [-0.3, -0.25) is 5.43 Å². The van der Waals surface area contributed by atoms with Crippen LogP contribution >= 0.6 is 12.2 Å². The van der Waals surface area contributed by atoms with Crippen molar-refractivity contribution in [3.05, 3.63) is 0 Å². The molecule has 0 unspecified atom stereocenters. The van der Waals surface area contributed by atoms with Crippen molar-refractivity contribution in [3.63, 3.8) is 0 Å². The van der Waals surface area contributed by atoms with E-state index in [0.717, 1.165) is 6.54 Å². The Hall–Kier alpha value is -0.390. The second-order valence-corrected chi connectivity index (χ2v) is 2.31. The predicted octanol–water partition coefficient (Wildman–Crippen LogP) is -1.11. The fourth-order valence-electron chi connectivity index (χ4n) is 0.479. The quantitative estimate of drug-likeness (QED) is 0.363. The maximum Gasteiger partial charge on any atom is 0.180 e. The van der Waals surface area contributed by atoms with Gasteiger partial charge in [0.25, 0.3) is 0 Å². The van der Waals surface area contributed by atoms with Crippen LogP contribution in [0.1, 0.15) is 0 Å². The van der Waals surface area contributed by atoms with Gasteiger partial charge >= 0.3 is 0 Å². The van der Waals surface area contributed by atoms with Crippen LogP contribution in [0.5, 0.6) is 0 Å². The first-order valence-corrected chi connectivity index (χ1v) is 3.51. The van der Waals surface area contributed by atoms with E-state index >= 15 is 0 Å². The first-order chi connectivity index (χ1) is 4.70. The predicted molar refractivity (Wildman–Crippen MR) is 46.5 cm³/mol. The third-order valence-corrected chi connectivity index (χ3v) is 1.28. The SMILES string of the molecule is CNC(=S)NN(C)CCN. The van der Waals surface area contributed by atoms with E-state index in [2.05, 4.69) is 10.7 Å². The molecule has 10 heavy (non-hydrogen) atoms. The summed E-state index contributed by atoms with van der Waals surface area (Å²) < 4.78 is 0. The fraction of sp³-hybridized carbons (Fsp3) is 0.800. The molecule has 0 aliphatic carbocycles. The molecule has 4 N–H and O–H groups in total. The van der Waals surface area contributed by atoms with Crippen molar-refractivity contribution in [2.75, 3.05) is 27.2 Å². The standard InChI is InChI=1S/C5H14N4S/c1-7-5(10)8-9(2)4-3-6/h3-4,6H2,1-2H3,(H2,7,8,10). The van der Waals surface area contributed by atoms with E-state index in [1.165, 1.54) is 0 Å². The zero-order valence-electron chi connectivity index (χ0n) is 6.35. The van der Waals surface area contributed by atoms with E-state index in [1.807, 2.05) is 12.1 Å².